The highest BCUT2D eigenvalue weighted by molar-refractivity contribution is 9.10. The molecule has 4 nitrogen and oxygen atoms in total. The number of aliphatic hydroxyl groups is 1. The average molecular weight is 303 g/mol. The van der Waals surface area contributed by atoms with Gasteiger partial charge >= 0.3 is 0 Å². The number of amides is 1. The summed E-state index contributed by atoms with van der Waals surface area (Å²) in [5.41, 5.74) is 0.630. The van der Waals surface area contributed by atoms with E-state index in [1.54, 1.807) is 6.07 Å². The number of nitrogens with zero attached hydrogens (tertiary/aromatic N) is 1. The van der Waals surface area contributed by atoms with E-state index in [0.29, 0.717) is 5.69 Å². The fourth-order valence-corrected chi connectivity index (χ4v) is 2.09. The van der Waals surface area contributed by atoms with E-state index in [1.165, 1.54) is 0 Å². The number of nitrogens with one attached hydrogen (secondary N) is 1. The van der Waals surface area contributed by atoms with Gasteiger partial charge in [-0.15, -0.1) is 0 Å². The number of rotatable bonds is 6. The second-order valence-corrected chi connectivity index (χ2v) is 4.91. The zero-order valence-electron chi connectivity index (χ0n) is 10.2. The van der Waals surface area contributed by atoms with Gasteiger partial charge in [-0.05, 0) is 34.8 Å². The van der Waals surface area contributed by atoms with Crippen LogP contribution >= 0.6 is 15.9 Å². The van der Waals surface area contributed by atoms with E-state index in [9.17, 15) is 4.79 Å². The molecule has 1 atom stereocenters. The molecular formula is C12H19BrN2O2. The van der Waals surface area contributed by atoms with Crippen LogP contribution in [0.5, 0.6) is 0 Å². The first-order valence-corrected chi connectivity index (χ1v) is 6.69. The Morgan fingerprint density at radius 2 is 2.29 bits per heavy atom. The number of aliphatic hydroxyl groups excluding tert-OH is 1. The molecule has 1 heterocycles. The van der Waals surface area contributed by atoms with Crippen LogP contribution in [0, 0.1) is 0 Å². The molecule has 0 fully saturated rings. The van der Waals surface area contributed by atoms with Crippen LogP contribution in [-0.2, 0) is 6.54 Å². The minimum atomic E-state index is -0.175. The van der Waals surface area contributed by atoms with E-state index in [2.05, 4.69) is 28.2 Å². The number of hydrogen-bond acceptors (Lipinski definition) is 2. The third-order valence-electron chi connectivity index (χ3n) is 2.61. The minimum absolute atomic E-state index is 0.0299. The van der Waals surface area contributed by atoms with Crippen LogP contribution in [-0.4, -0.2) is 28.2 Å². The Kier molecular flexibility index (Phi) is 5.71. The summed E-state index contributed by atoms with van der Waals surface area (Å²) in [5, 5.41) is 11.9. The SMILES string of the molecule is CCCn1cc(Br)cc1C(=O)N[C@H](CC)CO. The highest BCUT2D eigenvalue weighted by Gasteiger charge is 2.15. The lowest BCUT2D eigenvalue weighted by atomic mass is 10.2. The lowest BCUT2D eigenvalue weighted by Crippen LogP contribution is -2.37. The molecule has 17 heavy (non-hydrogen) atoms. The molecule has 0 radical (unpaired) electrons. The van der Waals surface area contributed by atoms with Gasteiger partial charge in [0.05, 0.1) is 12.6 Å². The molecule has 1 rings (SSSR count). The van der Waals surface area contributed by atoms with Crippen LogP contribution in [0.25, 0.3) is 0 Å². The van der Waals surface area contributed by atoms with Gasteiger partial charge in [0.15, 0.2) is 0 Å². The van der Waals surface area contributed by atoms with Crippen LogP contribution in [0.15, 0.2) is 16.7 Å². The molecule has 0 spiro atoms. The zero-order chi connectivity index (χ0) is 12.8. The molecule has 0 bridgehead atoms. The van der Waals surface area contributed by atoms with Crippen molar-refractivity contribution in [1.29, 1.82) is 0 Å². The summed E-state index contributed by atoms with van der Waals surface area (Å²) in [5.74, 6) is -0.134. The Hall–Kier alpha value is -0.810. The second kappa shape index (κ2) is 6.81. The third kappa shape index (κ3) is 3.85. The van der Waals surface area contributed by atoms with Crippen LogP contribution in [0.4, 0.5) is 0 Å². The second-order valence-electron chi connectivity index (χ2n) is 4.00. The number of carbonyl (C=O) groups excluding carboxylic acids is 1. The van der Waals surface area contributed by atoms with E-state index in [-0.39, 0.29) is 18.6 Å². The van der Waals surface area contributed by atoms with Crippen molar-refractivity contribution < 1.29 is 9.90 Å². The van der Waals surface area contributed by atoms with Gasteiger partial charge in [0.2, 0.25) is 0 Å². The first kappa shape index (κ1) is 14.3. The van der Waals surface area contributed by atoms with Crippen molar-refractivity contribution >= 4 is 21.8 Å². The Labute approximate surface area is 110 Å². The van der Waals surface area contributed by atoms with Crippen molar-refractivity contribution in [3.63, 3.8) is 0 Å². The van der Waals surface area contributed by atoms with Crippen molar-refractivity contribution in [2.45, 2.75) is 39.3 Å². The summed E-state index contributed by atoms with van der Waals surface area (Å²) < 4.78 is 2.82. The molecule has 96 valence electrons. The summed E-state index contributed by atoms with van der Waals surface area (Å²) >= 11 is 3.37. The van der Waals surface area contributed by atoms with Gasteiger partial charge in [-0.1, -0.05) is 13.8 Å². The van der Waals surface area contributed by atoms with Gasteiger partial charge in [-0.3, -0.25) is 4.79 Å². The highest BCUT2D eigenvalue weighted by atomic mass is 79.9. The summed E-state index contributed by atoms with van der Waals surface area (Å²) in [4.78, 5) is 12.0. The quantitative estimate of drug-likeness (QED) is 0.846. The van der Waals surface area contributed by atoms with Gasteiger partial charge in [-0.25, -0.2) is 0 Å². The molecule has 0 aliphatic heterocycles. The molecular weight excluding hydrogens is 284 g/mol. The Morgan fingerprint density at radius 3 is 2.82 bits per heavy atom. The van der Waals surface area contributed by atoms with Crippen LogP contribution in [0.3, 0.4) is 0 Å². The lowest BCUT2D eigenvalue weighted by Gasteiger charge is -2.15. The molecule has 5 heteroatoms. The van der Waals surface area contributed by atoms with Crippen molar-refractivity contribution in [2.75, 3.05) is 6.61 Å². The van der Waals surface area contributed by atoms with Crippen molar-refractivity contribution in [3.05, 3.63) is 22.4 Å². The predicted molar refractivity (Wildman–Crippen MR) is 71.1 cm³/mol. The Morgan fingerprint density at radius 1 is 1.59 bits per heavy atom. The third-order valence-corrected chi connectivity index (χ3v) is 3.04. The maximum atomic E-state index is 12.0. The Bertz CT molecular complexity index is 373. The summed E-state index contributed by atoms with van der Waals surface area (Å²) in [6.07, 6.45) is 3.59. The monoisotopic (exact) mass is 302 g/mol. The number of halogens is 1. The van der Waals surface area contributed by atoms with Crippen LogP contribution in [0.1, 0.15) is 37.2 Å². The van der Waals surface area contributed by atoms with Gasteiger partial charge < -0.3 is 15.0 Å². The predicted octanol–water partition coefficient (Wildman–Crippen LogP) is 2.16. The molecule has 0 aliphatic carbocycles. The average Bonchev–Trinajstić information content (AvgIpc) is 2.67. The standard InChI is InChI=1S/C12H19BrN2O2/c1-3-5-15-7-9(13)6-11(15)12(17)14-10(4-2)8-16/h6-7,10,16H,3-5,8H2,1-2H3,(H,14,17)/t10-/m1/s1. The van der Waals surface area contributed by atoms with Crippen molar-refractivity contribution in [2.24, 2.45) is 0 Å². The summed E-state index contributed by atoms with van der Waals surface area (Å²) in [6.45, 7) is 4.78. The van der Waals surface area contributed by atoms with Gasteiger partial charge in [0.1, 0.15) is 5.69 Å². The first-order valence-electron chi connectivity index (χ1n) is 5.89. The number of aryl methyl sites for hydroxylation is 1. The van der Waals surface area contributed by atoms with E-state index < -0.39 is 0 Å². The molecule has 0 saturated carbocycles. The van der Waals surface area contributed by atoms with E-state index in [4.69, 9.17) is 5.11 Å². The van der Waals surface area contributed by atoms with Crippen molar-refractivity contribution in [1.82, 2.24) is 9.88 Å². The van der Waals surface area contributed by atoms with E-state index >= 15 is 0 Å². The normalized spacial score (nSPS) is 12.5. The van der Waals surface area contributed by atoms with Crippen molar-refractivity contribution in [3.8, 4) is 0 Å². The maximum Gasteiger partial charge on any atom is 0.268 e. The number of hydrogen-bond donors (Lipinski definition) is 2. The maximum absolute atomic E-state index is 12.0. The summed E-state index contributed by atoms with van der Waals surface area (Å²) in [7, 11) is 0. The van der Waals surface area contributed by atoms with Crippen LogP contribution in [0.2, 0.25) is 0 Å². The van der Waals surface area contributed by atoms with E-state index in [0.717, 1.165) is 23.9 Å². The number of carbonyl (C=O) groups is 1. The van der Waals surface area contributed by atoms with E-state index in [1.807, 2.05) is 17.7 Å². The summed E-state index contributed by atoms with van der Waals surface area (Å²) in [6, 6.07) is 1.63. The fraction of sp³-hybridized carbons (Fsp3) is 0.583. The molecule has 1 aromatic rings. The lowest BCUT2D eigenvalue weighted by molar-refractivity contribution is 0.0905. The fourth-order valence-electron chi connectivity index (χ4n) is 1.63. The molecule has 0 aromatic carbocycles. The van der Waals surface area contributed by atoms with Crippen LogP contribution < -0.4 is 5.32 Å². The molecule has 2 N–H and O–H groups in total. The van der Waals surface area contributed by atoms with Gasteiger partial charge in [0.25, 0.3) is 5.91 Å². The topological polar surface area (TPSA) is 54.3 Å². The molecule has 0 aliphatic rings. The van der Waals surface area contributed by atoms with Gasteiger partial charge in [-0.2, -0.15) is 0 Å². The zero-order valence-corrected chi connectivity index (χ0v) is 11.8. The smallest absolute Gasteiger partial charge is 0.268 e. The molecule has 0 saturated heterocycles. The molecule has 1 amide bonds. The van der Waals surface area contributed by atoms with Gasteiger partial charge in [0, 0.05) is 17.2 Å². The largest absolute Gasteiger partial charge is 0.394 e. The minimum Gasteiger partial charge on any atom is -0.394 e. The first-order chi connectivity index (χ1) is 8.12. The molecule has 1 aromatic heterocycles. The molecule has 0 unspecified atom stereocenters. The number of aromatic nitrogens is 1. The highest BCUT2D eigenvalue weighted by Crippen LogP contribution is 2.15. The Balaban J connectivity index is 2.80.